The lowest BCUT2D eigenvalue weighted by atomic mass is 10.2. The van der Waals surface area contributed by atoms with Gasteiger partial charge in [0.05, 0.1) is 3.79 Å². The van der Waals surface area contributed by atoms with Gasteiger partial charge in [0.2, 0.25) is 5.91 Å². The Bertz CT molecular complexity index is 612. The van der Waals surface area contributed by atoms with E-state index in [1.807, 2.05) is 0 Å². The lowest BCUT2D eigenvalue weighted by Crippen LogP contribution is -2.45. The van der Waals surface area contributed by atoms with Crippen molar-refractivity contribution in [3.63, 3.8) is 0 Å². The van der Waals surface area contributed by atoms with Crippen molar-refractivity contribution in [2.75, 3.05) is 13.1 Å². The second-order valence-electron chi connectivity index (χ2n) is 4.37. The van der Waals surface area contributed by atoms with Gasteiger partial charge >= 0.3 is 0 Å². The first kappa shape index (κ1) is 15.7. The van der Waals surface area contributed by atoms with Crippen molar-refractivity contribution in [2.45, 2.75) is 23.1 Å². The van der Waals surface area contributed by atoms with Crippen LogP contribution < -0.4 is 5.32 Å². The molecule has 2 heterocycles. The number of halogens is 1. The molecule has 1 aliphatic rings. The third kappa shape index (κ3) is 3.13. The quantitative estimate of drug-likeness (QED) is 0.796. The zero-order valence-electron chi connectivity index (χ0n) is 10.7. The summed E-state index contributed by atoms with van der Waals surface area (Å²) in [5, 5.41) is 2.66. The Morgan fingerprint density at radius 2 is 2.35 bits per heavy atom. The van der Waals surface area contributed by atoms with Gasteiger partial charge in [-0.05, 0) is 40.9 Å². The van der Waals surface area contributed by atoms with E-state index >= 15 is 0 Å². The fraction of sp³-hybridized carbons (Fsp3) is 0.417. The van der Waals surface area contributed by atoms with Crippen molar-refractivity contribution in [3.05, 3.63) is 28.6 Å². The van der Waals surface area contributed by atoms with Crippen molar-refractivity contribution in [2.24, 2.45) is 0 Å². The molecule has 0 radical (unpaired) electrons. The number of rotatable bonds is 5. The lowest BCUT2D eigenvalue weighted by Gasteiger charge is -2.22. The van der Waals surface area contributed by atoms with Crippen LogP contribution in [0.2, 0.25) is 0 Å². The van der Waals surface area contributed by atoms with Gasteiger partial charge in [0.1, 0.15) is 10.3 Å². The molecule has 1 aromatic rings. The molecule has 0 aliphatic carbocycles. The van der Waals surface area contributed by atoms with Crippen LogP contribution in [0.15, 0.2) is 32.8 Å². The molecule has 0 saturated carbocycles. The van der Waals surface area contributed by atoms with Crippen molar-refractivity contribution < 1.29 is 13.2 Å². The van der Waals surface area contributed by atoms with Crippen molar-refractivity contribution in [1.82, 2.24) is 9.62 Å². The molecular weight excluding hydrogens is 364 g/mol. The number of hydrogen-bond acceptors (Lipinski definition) is 4. The molecule has 8 heteroatoms. The highest BCUT2D eigenvalue weighted by atomic mass is 79.9. The van der Waals surface area contributed by atoms with Gasteiger partial charge in [-0.1, -0.05) is 6.08 Å². The smallest absolute Gasteiger partial charge is 0.253 e. The molecule has 5 nitrogen and oxygen atoms in total. The van der Waals surface area contributed by atoms with Gasteiger partial charge in [0, 0.05) is 13.1 Å². The third-order valence-corrected chi connectivity index (χ3v) is 7.04. The Balaban J connectivity index is 2.22. The lowest BCUT2D eigenvalue weighted by molar-refractivity contribution is -0.123. The van der Waals surface area contributed by atoms with Crippen LogP contribution in [0.1, 0.15) is 12.8 Å². The fourth-order valence-corrected chi connectivity index (χ4v) is 5.93. The minimum atomic E-state index is -3.60. The summed E-state index contributed by atoms with van der Waals surface area (Å²) in [5.74, 6) is -0.262. The average Bonchev–Trinajstić information content (AvgIpc) is 3.04. The fourth-order valence-electron chi connectivity index (χ4n) is 2.13. The van der Waals surface area contributed by atoms with Gasteiger partial charge in [-0.15, -0.1) is 17.9 Å². The Kier molecular flexibility index (Phi) is 5.00. The van der Waals surface area contributed by atoms with Gasteiger partial charge in [-0.3, -0.25) is 4.79 Å². The summed E-state index contributed by atoms with van der Waals surface area (Å²) in [6.07, 6.45) is 2.81. The molecular formula is C12H15BrN2O3S2. The molecule has 1 atom stereocenters. The molecule has 2 rings (SSSR count). The number of hydrogen-bond donors (Lipinski definition) is 1. The van der Waals surface area contributed by atoms with E-state index in [4.69, 9.17) is 0 Å². The van der Waals surface area contributed by atoms with Crippen LogP contribution in [0.3, 0.4) is 0 Å². The van der Waals surface area contributed by atoms with Gasteiger partial charge in [-0.25, -0.2) is 8.42 Å². The molecule has 110 valence electrons. The third-order valence-electron chi connectivity index (χ3n) is 3.04. The van der Waals surface area contributed by atoms with Gasteiger partial charge in [-0.2, -0.15) is 4.31 Å². The summed E-state index contributed by atoms with van der Waals surface area (Å²) >= 11 is 4.41. The number of carbonyl (C=O) groups excluding carboxylic acids is 1. The van der Waals surface area contributed by atoms with E-state index in [0.29, 0.717) is 25.9 Å². The zero-order valence-corrected chi connectivity index (χ0v) is 13.9. The molecule has 1 aromatic heterocycles. The van der Waals surface area contributed by atoms with Crippen molar-refractivity contribution >= 4 is 43.2 Å². The average molecular weight is 379 g/mol. The maximum atomic E-state index is 12.6. The summed E-state index contributed by atoms with van der Waals surface area (Å²) in [6.45, 7) is 4.25. The van der Waals surface area contributed by atoms with Crippen molar-refractivity contribution in [3.8, 4) is 0 Å². The number of nitrogens with zero attached hydrogens (tertiary/aromatic N) is 1. The largest absolute Gasteiger partial charge is 0.351 e. The Morgan fingerprint density at radius 1 is 1.60 bits per heavy atom. The van der Waals surface area contributed by atoms with Gasteiger partial charge in [0.25, 0.3) is 10.0 Å². The first-order chi connectivity index (χ1) is 9.46. The topological polar surface area (TPSA) is 66.5 Å². The SMILES string of the molecule is C=CCNC(=O)[C@H]1CCCN1S(=O)(=O)c1ccc(Br)s1. The maximum absolute atomic E-state index is 12.6. The highest BCUT2D eigenvalue weighted by Crippen LogP contribution is 2.32. The second-order valence-corrected chi connectivity index (χ2v) is 8.95. The molecule has 0 aromatic carbocycles. The van der Waals surface area contributed by atoms with E-state index in [-0.39, 0.29) is 10.1 Å². The summed E-state index contributed by atoms with van der Waals surface area (Å²) in [4.78, 5) is 12.0. The molecule has 1 saturated heterocycles. The van der Waals surface area contributed by atoms with Crippen LogP contribution in [0.25, 0.3) is 0 Å². The van der Waals surface area contributed by atoms with E-state index < -0.39 is 16.1 Å². The molecule has 0 spiro atoms. The van der Waals surface area contributed by atoms with E-state index in [1.54, 1.807) is 18.2 Å². The normalized spacial score (nSPS) is 19.9. The summed E-state index contributed by atoms with van der Waals surface area (Å²) in [6, 6.07) is 2.63. The maximum Gasteiger partial charge on any atom is 0.253 e. The minimum absolute atomic E-state index is 0.257. The number of nitrogens with one attached hydrogen (secondary N) is 1. The highest BCUT2D eigenvalue weighted by Gasteiger charge is 2.39. The van der Waals surface area contributed by atoms with E-state index in [2.05, 4.69) is 27.8 Å². The number of amides is 1. The summed E-state index contributed by atoms with van der Waals surface area (Å²) in [5.41, 5.74) is 0. The van der Waals surface area contributed by atoms with Gasteiger partial charge < -0.3 is 5.32 Å². The molecule has 0 bridgehead atoms. The van der Waals surface area contributed by atoms with E-state index in [1.165, 1.54) is 4.31 Å². The standard InChI is InChI=1S/C12H15BrN2O3S2/c1-2-7-14-12(16)9-4-3-8-15(9)20(17,18)11-6-5-10(13)19-11/h2,5-6,9H,1,3-4,7-8H2,(H,14,16)/t9-/m1/s1. The Labute approximate surface area is 130 Å². The Morgan fingerprint density at radius 3 is 2.95 bits per heavy atom. The van der Waals surface area contributed by atoms with E-state index in [0.717, 1.165) is 15.1 Å². The zero-order chi connectivity index (χ0) is 14.8. The van der Waals surface area contributed by atoms with Gasteiger partial charge in [0.15, 0.2) is 0 Å². The van der Waals surface area contributed by atoms with Crippen LogP contribution >= 0.6 is 27.3 Å². The molecule has 1 amide bonds. The van der Waals surface area contributed by atoms with E-state index in [9.17, 15) is 13.2 Å². The summed E-state index contributed by atoms with van der Waals surface area (Å²) < 4.78 is 27.4. The van der Waals surface area contributed by atoms with Crippen LogP contribution in [0.4, 0.5) is 0 Å². The minimum Gasteiger partial charge on any atom is -0.351 e. The second kappa shape index (κ2) is 6.38. The predicted molar refractivity (Wildman–Crippen MR) is 82.1 cm³/mol. The molecule has 1 fully saturated rings. The summed E-state index contributed by atoms with van der Waals surface area (Å²) in [7, 11) is -3.60. The first-order valence-electron chi connectivity index (χ1n) is 6.12. The van der Waals surface area contributed by atoms with Crippen LogP contribution in [0, 0.1) is 0 Å². The Hall–Kier alpha value is -0.700. The molecule has 0 unspecified atom stereocenters. The number of carbonyl (C=O) groups is 1. The highest BCUT2D eigenvalue weighted by molar-refractivity contribution is 9.11. The number of thiophene rings is 1. The molecule has 1 aliphatic heterocycles. The van der Waals surface area contributed by atoms with Crippen LogP contribution in [0.5, 0.6) is 0 Å². The number of sulfonamides is 1. The molecule has 20 heavy (non-hydrogen) atoms. The van der Waals surface area contributed by atoms with Crippen LogP contribution in [-0.4, -0.2) is 37.8 Å². The predicted octanol–water partition coefficient (Wildman–Crippen LogP) is 1.97. The molecule has 1 N–H and O–H groups in total. The monoisotopic (exact) mass is 378 g/mol. The van der Waals surface area contributed by atoms with Crippen LogP contribution in [-0.2, 0) is 14.8 Å². The first-order valence-corrected chi connectivity index (χ1v) is 9.17. The van der Waals surface area contributed by atoms with Crippen molar-refractivity contribution in [1.29, 1.82) is 0 Å².